The Kier molecular flexibility index (Phi) is 3.57. The van der Waals surface area contributed by atoms with E-state index < -0.39 is 17.8 Å². The molecule has 0 amide bonds. The van der Waals surface area contributed by atoms with Gasteiger partial charge < -0.3 is 5.11 Å². The molecule has 2 nitrogen and oxygen atoms in total. The molecular weight excluding hydrogens is 255 g/mol. The molecule has 1 aromatic carbocycles. The molecular formula is C14H12F3NO. The Hall–Kier alpha value is -1.88. The first kappa shape index (κ1) is 13.5. The first-order valence-electron chi connectivity index (χ1n) is 5.66. The molecule has 0 spiro atoms. The van der Waals surface area contributed by atoms with Gasteiger partial charge in [0.05, 0.1) is 11.3 Å². The van der Waals surface area contributed by atoms with E-state index in [-0.39, 0.29) is 0 Å². The molecule has 0 aliphatic heterocycles. The van der Waals surface area contributed by atoms with Gasteiger partial charge in [0.15, 0.2) is 0 Å². The summed E-state index contributed by atoms with van der Waals surface area (Å²) in [5, 5.41) is 10.1. The monoisotopic (exact) mass is 267 g/mol. The molecule has 19 heavy (non-hydrogen) atoms. The first-order valence-corrected chi connectivity index (χ1v) is 5.66. The third kappa shape index (κ3) is 2.93. The van der Waals surface area contributed by atoms with E-state index in [2.05, 4.69) is 4.98 Å². The van der Waals surface area contributed by atoms with Crippen LogP contribution in [0.1, 0.15) is 28.5 Å². The van der Waals surface area contributed by atoms with Gasteiger partial charge >= 0.3 is 6.18 Å². The summed E-state index contributed by atoms with van der Waals surface area (Å²) < 4.78 is 37.6. The standard InChI is InChI=1S/C14H12F3NO/c1-9-8-10(14(15,16)17)5-6-11(9)13(19)12-4-2-3-7-18-12/h2-8,13,19H,1H3. The van der Waals surface area contributed by atoms with Gasteiger partial charge in [-0.25, -0.2) is 0 Å². The van der Waals surface area contributed by atoms with Crippen molar-refractivity contribution in [2.75, 3.05) is 0 Å². The highest BCUT2D eigenvalue weighted by atomic mass is 19.4. The molecule has 0 bridgehead atoms. The van der Waals surface area contributed by atoms with E-state index in [0.29, 0.717) is 16.8 Å². The van der Waals surface area contributed by atoms with Crippen LogP contribution in [0.4, 0.5) is 13.2 Å². The molecule has 5 heteroatoms. The van der Waals surface area contributed by atoms with Crippen molar-refractivity contribution in [3.63, 3.8) is 0 Å². The fourth-order valence-electron chi connectivity index (χ4n) is 1.86. The van der Waals surface area contributed by atoms with Gasteiger partial charge in [0.1, 0.15) is 6.10 Å². The molecule has 0 saturated carbocycles. The molecule has 2 rings (SSSR count). The summed E-state index contributed by atoms with van der Waals surface area (Å²) in [6.45, 7) is 1.54. The van der Waals surface area contributed by atoms with Crippen molar-refractivity contribution in [1.29, 1.82) is 0 Å². The van der Waals surface area contributed by atoms with Crippen molar-refractivity contribution >= 4 is 0 Å². The number of aromatic nitrogens is 1. The van der Waals surface area contributed by atoms with E-state index in [0.717, 1.165) is 12.1 Å². The Morgan fingerprint density at radius 3 is 2.42 bits per heavy atom. The zero-order valence-corrected chi connectivity index (χ0v) is 10.1. The summed E-state index contributed by atoms with van der Waals surface area (Å²) >= 11 is 0. The van der Waals surface area contributed by atoms with E-state index in [9.17, 15) is 18.3 Å². The summed E-state index contributed by atoms with van der Waals surface area (Å²) in [6, 6.07) is 8.33. The highest BCUT2D eigenvalue weighted by Crippen LogP contribution is 2.32. The number of aliphatic hydroxyl groups excluding tert-OH is 1. The lowest BCUT2D eigenvalue weighted by atomic mass is 9.98. The maximum absolute atomic E-state index is 12.5. The van der Waals surface area contributed by atoms with E-state index in [1.165, 1.54) is 19.2 Å². The fraction of sp³-hybridized carbons (Fsp3) is 0.214. The lowest BCUT2D eigenvalue weighted by Crippen LogP contribution is -2.08. The average molecular weight is 267 g/mol. The predicted octanol–water partition coefficient (Wildman–Crippen LogP) is 3.49. The number of benzene rings is 1. The Morgan fingerprint density at radius 2 is 1.89 bits per heavy atom. The molecule has 2 aromatic rings. The van der Waals surface area contributed by atoms with Crippen molar-refractivity contribution in [2.45, 2.75) is 19.2 Å². The predicted molar refractivity (Wildman–Crippen MR) is 64.5 cm³/mol. The number of aryl methyl sites for hydroxylation is 1. The maximum Gasteiger partial charge on any atom is 0.416 e. The van der Waals surface area contributed by atoms with E-state index in [4.69, 9.17) is 0 Å². The number of nitrogens with zero attached hydrogens (tertiary/aromatic N) is 1. The van der Waals surface area contributed by atoms with Crippen LogP contribution < -0.4 is 0 Å². The van der Waals surface area contributed by atoms with Crippen molar-refractivity contribution < 1.29 is 18.3 Å². The smallest absolute Gasteiger partial charge is 0.382 e. The Balaban J connectivity index is 2.37. The van der Waals surface area contributed by atoms with Gasteiger partial charge in [-0.15, -0.1) is 0 Å². The lowest BCUT2D eigenvalue weighted by molar-refractivity contribution is -0.137. The second-order valence-corrected chi connectivity index (χ2v) is 4.23. The SMILES string of the molecule is Cc1cc(C(F)(F)F)ccc1C(O)c1ccccn1. The maximum atomic E-state index is 12.5. The zero-order valence-electron chi connectivity index (χ0n) is 10.1. The summed E-state index contributed by atoms with van der Waals surface area (Å²) in [6.07, 6.45) is -3.87. The van der Waals surface area contributed by atoms with Gasteiger partial charge in [0.25, 0.3) is 0 Å². The number of rotatable bonds is 2. The number of hydrogen-bond donors (Lipinski definition) is 1. The molecule has 0 aliphatic carbocycles. The van der Waals surface area contributed by atoms with Gasteiger partial charge in [-0.2, -0.15) is 13.2 Å². The second-order valence-electron chi connectivity index (χ2n) is 4.23. The largest absolute Gasteiger partial charge is 0.416 e. The van der Waals surface area contributed by atoms with Crippen molar-refractivity contribution in [3.8, 4) is 0 Å². The molecule has 0 saturated heterocycles. The van der Waals surface area contributed by atoms with Gasteiger partial charge in [0, 0.05) is 6.20 Å². The quantitative estimate of drug-likeness (QED) is 0.903. The first-order chi connectivity index (χ1) is 8.89. The number of hydrogen-bond acceptors (Lipinski definition) is 2. The van der Waals surface area contributed by atoms with Gasteiger partial charge in [0.2, 0.25) is 0 Å². The number of alkyl halides is 3. The summed E-state index contributed by atoms with van der Waals surface area (Å²) in [4.78, 5) is 4.00. The molecule has 1 N–H and O–H groups in total. The average Bonchev–Trinajstić information content (AvgIpc) is 2.38. The van der Waals surface area contributed by atoms with Crippen molar-refractivity contribution in [2.24, 2.45) is 0 Å². The Labute approximate surface area is 108 Å². The van der Waals surface area contributed by atoms with E-state index >= 15 is 0 Å². The molecule has 100 valence electrons. The van der Waals surface area contributed by atoms with E-state index in [1.54, 1.807) is 18.2 Å². The Bertz CT molecular complexity index is 567. The lowest BCUT2D eigenvalue weighted by Gasteiger charge is -2.15. The zero-order chi connectivity index (χ0) is 14.0. The third-order valence-corrected chi connectivity index (χ3v) is 2.86. The number of aliphatic hydroxyl groups is 1. The van der Waals surface area contributed by atoms with Crippen LogP contribution in [0.2, 0.25) is 0 Å². The topological polar surface area (TPSA) is 33.1 Å². The van der Waals surface area contributed by atoms with Crippen molar-refractivity contribution in [1.82, 2.24) is 4.98 Å². The van der Waals surface area contributed by atoms with Crippen LogP contribution >= 0.6 is 0 Å². The second kappa shape index (κ2) is 5.01. The van der Waals surface area contributed by atoms with Crippen molar-refractivity contribution in [3.05, 3.63) is 65.0 Å². The van der Waals surface area contributed by atoms with E-state index in [1.807, 2.05) is 0 Å². The molecule has 0 fully saturated rings. The summed E-state index contributed by atoms with van der Waals surface area (Å²) in [5.41, 5.74) is 0.493. The van der Waals surface area contributed by atoms with Crippen LogP contribution in [0.25, 0.3) is 0 Å². The van der Waals surface area contributed by atoms with Gasteiger partial charge in [-0.3, -0.25) is 4.98 Å². The fourth-order valence-corrected chi connectivity index (χ4v) is 1.86. The van der Waals surface area contributed by atoms with Gasteiger partial charge in [-0.05, 0) is 42.3 Å². The van der Waals surface area contributed by atoms with Crippen LogP contribution in [0, 0.1) is 6.92 Å². The Morgan fingerprint density at radius 1 is 1.16 bits per heavy atom. The van der Waals surface area contributed by atoms with Crippen LogP contribution in [0.15, 0.2) is 42.6 Å². The summed E-state index contributed by atoms with van der Waals surface area (Å²) in [7, 11) is 0. The van der Waals surface area contributed by atoms with Crippen LogP contribution in [-0.2, 0) is 6.18 Å². The van der Waals surface area contributed by atoms with Gasteiger partial charge in [-0.1, -0.05) is 12.1 Å². The minimum Gasteiger partial charge on any atom is -0.382 e. The van der Waals surface area contributed by atoms with Crippen LogP contribution in [-0.4, -0.2) is 10.1 Å². The summed E-state index contributed by atoms with van der Waals surface area (Å²) in [5.74, 6) is 0. The molecule has 1 unspecified atom stereocenters. The highest BCUT2D eigenvalue weighted by Gasteiger charge is 2.31. The number of pyridine rings is 1. The van der Waals surface area contributed by atoms with Crippen LogP contribution in [0.3, 0.4) is 0 Å². The third-order valence-electron chi connectivity index (χ3n) is 2.86. The minimum absolute atomic E-state index is 0.382. The minimum atomic E-state index is -4.38. The molecule has 0 radical (unpaired) electrons. The highest BCUT2D eigenvalue weighted by molar-refractivity contribution is 5.37. The van der Waals surface area contributed by atoms with Crippen LogP contribution in [0.5, 0.6) is 0 Å². The molecule has 1 heterocycles. The normalized spacial score (nSPS) is 13.3. The number of halogens is 3. The molecule has 0 aliphatic rings. The molecule has 1 aromatic heterocycles. The molecule has 1 atom stereocenters.